The lowest BCUT2D eigenvalue weighted by Crippen LogP contribution is -2.48. The van der Waals surface area contributed by atoms with Crippen LogP contribution in [0.25, 0.3) is 0 Å². The van der Waals surface area contributed by atoms with Crippen molar-refractivity contribution < 1.29 is 9.53 Å². The maximum absolute atomic E-state index is 12.7. The molecule has 0 unspecified atom stereocenters. The van der Waals surface area contributed by atoms with E-state index in [0.717, 1.165) is 17.1 Å². The van der Waals surface area contributed by atoms with Crippen molar-refractivity contribution in [1.82, 2.24) is 10.3 Å². The number of aromatic nitrogens is 1. The van der Waals surface area contributed by atoms with Gasteiger partial charge in [-0.2, -0.15) is 0 Å². The molecule has 150 valence electrons. The largest absolute Gasteiger partial charge is 0.490 e. The number of nitrogens with one attached hydrogen (secondary N) is 3. The van der Waals surface area contributed by atoms with Gasteiger partial charge in [-0.25, -0.2) is 4.98 Å². The third-order valence-corrected chi connectivity index (χ3v) is 4.18. The van der Waals surface area contributed by atoms with Gasteiger partial charge in [-0.1, -0.05) is 6.07 Å². The molecule has 0 atom stereocenters. The Morgan fingerprint density at radius 2 is 2.00 bits per heavy atom. The van der Waals surface area contributed by atoms with E-state index in [1.54, 1.807) is 25.3 Å². The van der Waals surface area contributed by atoms with Gasteiger partial charge in [0.1, 0.15) is 18.2 Å². The summed E-state index contributed by atoms with van der Waals surface area (Å²) in [6, 6.07) is 9.04. The predicted octanol–water partition coefficient (Wildman–Crippen LogP) is 3.16. The van der Waals surface area contributed by atoms with Gasteiger partial charge in [0.05, 0.1) is 11.1 Å². The van der Waals surface area contributed by atoms with Gasteiger partial charge in [0.15, 0.2) is 0 Å². The third-order valence-electron chi connectivity index (χ3n) is 4.18. The van der Waals surface area contributed by atoms with Crippen LogP contribution in [0.15, 0.2) is 36.5 Å². The van der Waals surface area contributed by atoms with Gasteiger partial charge < -0.3 is 25.7 Å². The first-order valence-corrected chi connectivity index (χ1v) is 9.09. The second-order valence-electron chi connectivity index (χ2n) is 7.48. The van der Waals surface area contributed by atoms with Gasteiger partial charge in [0, 0.05) is 44.3 Å². The van der Waals surface area contributed by atoms with Crippen molar-refractivity contribution in [2.24, 2.45) is 0 Å². The van der Waals surface area contributed by atoms with Crippen molar-refractivity contribution in [3.05, 3.63) is 47.7 Å². The molecule has 7 heteroatoms. The van der Waals surface area contributed by atoms with E-state index in [4.69, 9.17) is 10.1 Å². The summed E-state index contributed by atoms with van der Waals surface area (Å²) in [5.74, 6) is 1.14. The van der Waals surface area contributed by atoms with Crippen LogP contribution in [0.5, 0.6) is 5.75 Å². The van der Waals surface area contributed by atoms with Gasteiger partial charge in [-0.15, -0.1) is 0 Å². The topological polar surface area (TPSA) is 90.3 Å². The van der Waals surface area contributed by atoms with Crippen molar-refractivity contribution >= 4 is 23.1 Å². The Kier molecular flexibility index (Phi) is 6.62. The average molecular weight is 383 g/mol. The van der Waals surface area contributed by atoms with Crippen LogP contribution in [-0.2, 0) is 0 Å². The van der Waals surface area contributed by atoms with Crippen LogP contribution in [0.4, 0.5) is 11.5 Å². The molecule has 28 heavy (non-hydrogen) atoms. The second-order valence-corrected chi connectivity index (χ2v) is 7.48. The Labute approximate surface area is 166 Å². The number of hydrogen-bond donors (Lipinski definition) is 3. The molecule has 1 amide bonds. The quantitative estimate of drug-likeness (QED) is 0.609. The summed E-state index contributed by atoms with van der Waals surface area (Å²) >= 11 is 0. The summed E-state index contributed by atoms with van der Waals surface area (Å²) in [5.41, 5.74) is 1.90. The summed E-state index contributed by atoms with van der Waals surface area (Å²) in [4.78, 5) is 18.7. The van der Waals surface area contributed by atoms with Crippen LogP contribution in [0.3, 0.4) is 0 Å². The number of carbonyl (C=O) groups excluding carboxylic acids is 1. The minimum atomic E-state index is -0.610. The fraction of sp³-hybridized carbons (Fsp3) is 0.381. The summed E-state index contributed by atoms with van der Waals surface area (Å²) < 4.78 is 5.99. The summed E-state index contributed by atoms with van der Waals surface area (Å²) in [6.07, 6.45) is 1.62. The standard InChI is InChI=1S/C21H29N5O2/c1-14(22)19-16(23-4)8-7-9-17(19)28-13-21(2,3)25-20(27)15-10-11-24-18(12-15)26(5)6/h7-12,22-23H,13H2,1-6H3,(H,25,27). The van der Waals surface area contributed by atoms with Gasteiger partial charge in [-0.05, 0) is 45.0 Å². The number of amides is 1. The highest BCUT2D eigenvalue weighted by Gasteiger charge is 2.24. The molecule has 0 aliphatic heterocycles. The molecule has 0 saturated heterocycles. The monoisotopic (exact) mass is 383 g/mol. The van der Waals surface area contributed by atoms with Crippen molar-refractivity contribution in [2.45, 2.75) is 26.3 Å². The molecule has 0 bridgehead atoms. The van der Waals surface area contributed by atoms with Gasteiger partial charge in [0.2, 0.25) is 0 Å². The first-order valence-electron chi connectivity index (χ1n) is 9.09. The van der Waals surface area contributed by atoms with E-state index < -0.39 is 5.54 Å². The Bertz CT molecular complexity index is 862. The first-order chi connectivity index (χ1) is 13.1. The number of hydrogen-bond acceptors (Lipinski definition) is 6. The first kappa shape index (κ1) is 21.2. The van der Waals surface area contributed by atoms with Crippen molar-refractivity contribution in [2.75, 3.05) is 38.0 Å². The molecular formula is C21H29N5O2. The second kappa shape index (κ2) is 8.73. The third kappa shape index (κ3) is 5.22. The average Bonchev–Trinajstić information content (AvgIpc) is 2.65. The van der Waals surface area contributed by atoms with Crippen molar-refractivity contribution in [1.29, 1.82) is 5.41 Å². The molecule has 0 aliphatic carbocycles. The molecule has 2 aromatic rings. The van der Waals surface area contributed by atoms with Gasteiger partial charge in [0.25, 0.3) is 5.91 Å². The number of nitrogens with zero attached hydrogens (tertiary/aromatic N) is 2. The molecule has 1 aromatic carbocycles. The van der Waals surface area contributed by atoms with Crippen LogP contribution in [0.1, 0.15) is 36.7 Å². The Balaban J connectivity index is 2.11. The zero-order valence-corrected chi connectivity index (χ0v) is 17.4. The fourth-order valence-electron chi connectivity index (χ4n) is 2.72. The van der Waals surface area contributed by atoms with E-state index in [2.05, 4.69) is 15.6 Å². The lowest BCUT2D eigenvalue weighted by atomic mass is 10.0. The van der Waals surface area contributed by atoms with E-state index in [0.29, 0.717) is 17.0 Å². The van der Waals surface area contributed by atoms with E-state index in [-0.39, 0.29) is 12.5 Å². The molecule has 1 aromatic heterocycles. The fourth-order valence-corrected chi connectivity index (χ4v) is 2.72. The number of carbonyl (C=O) groups is 1. The highest BCUT2D eigenvalue weighted by atomic mass is 16.5. The predicted molar refractivity (Wildman–Crippen MR) is 114 cm³/mol. The van der Waals surface area contributed by atoms with Gasteiger partial charge in [-0.3, -0.25) is 4.79 Å². The Morgan fingerprint density at radius 3 is 2.61 bits per heavy atom. The number of benzene rings is 1. The highest BCUT2D eigenvalue weighted by Crippen LogP contribution is 2.27. The smallest absolute Gasteiger partial charge is 0.252 e. The minimum Gasteiger partial charge on any atom is -0.490 e. The van der Waals surface area contributed by atoms with Crippen LogP contribution in [0.2, 0.25) is 0 Å². The Hall–Kier alpha value is -3.09. The lowest BCUT2D eigenvalue weighted by molar-refractivity contribution is 0.0880. The SMILES string of the molecule is CNc1cccc(OCC(C)(C)NC(=O)c2ccnc(N(C)C)c2)c1C(C)=N. The number of anilines is 2. The summed E-state index contributed by atoms with van der Waals surface area (Å²) in [6.45, 7) is 5.79. The van der Waals surface area contributed by atoms with Crippen LogP contribution < -0.4 is 20.3 Å². The zero-order chi connectivity index (χ0) is 20.9. The van der Waals surface area contributed by atoms with E-state index in [1.165, 1.54) is 0 Å². The van der Waals surface area contributed by atoms with E-state index >= 15 is 0 Å². The maximum Gasteiger partial charge on any atom is 0.252 e. The summed E-state index contributed by atoms with van der Waals surface area (Å²) in [7, 11) is 5.57. The normalized spacial score (nSPS) is 10.9. The number of ether oxygens (including phenoxy) is 1. The number of pyridine rings is 1. The van der Waals surface area contributed by atoms with Crippen molar-refractivity contribution in [3.8, 4) is 5.75 Å². The van der Waals surface area contributed by atoms with Gasteiger partial charge >= 0.3 is 0 Å². The lowest BCUT2D eigenvalue weighted by Gasteiger charge is -2.27. The van der Waals surface area contributed by atoms with Crippen LogP contribution in [0, 0.1) is 5.41 Å². The van der Waals surface area contributed by atoms with E-state index in [1.807, 2.05) is 58.1 Å². The molecule has 0 fully saturated rings. The van der Waals surface area contributed by atoms with Crippen LogP contribution in [-0.4, -0.2) is 49.9 Å². The molecule has 1 heterocycles. The highest BCUT2D eigenvalue weighted by molar-refractivity contribution is 6.04. The molecular weight excluding hydrogens is 354 g/mol. The van der Waals surface area contributed by atoms with Crippen LogP contribution >= 0.6 is 0 Å². The van der Waals surface area contributed by atoms with E-state index in [9.17, 15) is 4.79 Å². The molecule has 0 aliphatic rings. The molecule has 0 saturated carbocycles. The molecule has 2 rings (SSSR count). The molecule has 0 radical (unpaired) electrons. The molecule has 0 spiro atoms. The molecule has 7 nitrogen and oxygen atoms in total. The maximum atomic E-state index is 12.7. The number of rotatable bonds is 8. The molecule has 3 N–H and O–H groups in total. The minimum absolute atomic E-state index is 0.188. The summed E-state index contributed by atoms with van der Waals surface area (Å²) in [5, 5.41) is 14.1. The van der Waals surface area contributed by atoms with Crippen molar-refractivity contribution in [3.63, 3.8) is 0 Å². The Morgan fingerprint density at radius 1 is 1.29 bits per heavy atom. The zero-order valence-electron chi connectivity index (χ0n) is 17.4.